The van der Waals surface area contributed by atoms with E-state index in [4.69, 9.17) is 0 Å². The summed E-state index contributed by atoms with van der Waals surface area (Å²) < 4.78 is 0. The number of carbonyl (C=O) groups excluding carboxylic acids is 1. The smallest absolute Gasteiger partial charge is 0.242 e. The van der Waals surface area contributed by atoms with Gasteiger partial charge >= 0.3 is 0 Å². The largest absolute Gasteiger partial charge is 0.389 e. The average molecular weight is 257 g/mol. The van der Waals surface area contributed by atoms with E-state index in [9.17, 15) is 9.90 Å². The molecule has 1 rings (SSSR count). The number of hydrogen-bond donors (Lipinski definition) is 2. The maximum atomic E-state index is 12.5. The van der Waals surface area contributed by atoms with Crippen LogP contribution in [0.3, 0.4) is 0 Å². The third kappa shape index (κ3) is 3.93. The summed E-state index contributed by atoms with van der Waals surface area (Å²) in [5.41, 5.74) is -1.37. The van der Waals surface area contributed by atoms with Gasteiger partial charge in [-0.2, -0.15) is 0 Å². The molecule has 106 valence electrons. The van der Waals surface area contributed by atoms with E-state index >= 15 is 0 Å². The number of piperazine rings is 1. The maximum absolute atomic E-state index is 12.5. The molecule has 0 bridgehead atoms. The van der Waals surface area contributed by atoms with Crippen molar-refractivity contribution < 1.29 is 9.90 Å². The summed E-state index contributed by atoms with van der Waals surface area (Å²) in [7, 11) is 1.75. The van der Waals surface area contributed by atoms with Crippen molar-refractivity contribution in [3.63, 3.8) is 0 Å². The fourth-order valence-electron chi connectivity index (χ4n) is 2.48. The molecule has 0 aromatic rings. The van der Waals surface area contributed by atoms with Crippen LogP contribution in [0, 0.1) is 0 Å². The minimum absolute atomic E-state index is 0.0616. The zero-order valence-corrected chi connectivity index (χ0v) is 12.3. The summed E-state index contributed by atoms with van der Waals surface area (Å²) >= 11 is 0. The summed E-state index contributed by atoms with van der Waals surface area (Å²) in [6.07, 6.45) is 0. The number of nitrogens with one attached hydrogen (secondary N) is 1. The highest BCUT2D eigenvalue weighted by molar-refractivity contribution is 5.85. The van der Waals surface area contributed by atoms with Gasteiger partial charge in [-0.15, -0.1) is 0 Å². The third-order valence-corrected chi connectivity index (χ3v) is 3.40. The molecule has 1 aliphatic rings. The first-order chi connectivity index (χ1) is 8.14. The number of nitrogens with zero attached hydrogens (tertiary/aromatic N) is 2. The Hall–Kier alpha value is -0.650. The van der Waals surface area contributed by atoms with Crippen molar-refractivity contribution in [1.82, 2.24) is 15.1 Å². The van der Waals surface area contributed by atoms with Crippen LogP contribution in [0.15, 0.2) is 0 Å². The highest BCUT2D eigenvalue weighted by atomic mass is 16.3. The molecular weight excluding hydrogens is 230 g/mol. The van der Waals surface area contributed by atoms with Crippen LogP contribution in [0.5, 0.6) is 0 Å². The van der Waals surface area contributed by atoms with Crippen LogP contribution < -0.4 is 5.32 Å². The quantitative estimate of drug-likeness (QED) is 0.738. The minimum atomic E-state index is -0.857. The monoisotopic (exact) mass is 257 g/mol. The molecular formula is C13H27N3O2. The Bertz CT molecular complexity index is 291. The van der Waals surface area contributed by atoms with Crippen molar-refractivity contribution in [2.24, 2.45) is 0 Å². The number of aliphatic hydroxyl groups is 1. The average Bonchev–Trinajstić information content (AvgIpc) is 2.27. The molecule has 0 aromatic heterocycles. The molecule has 0 radical (unpaired) electrons. The Morgan fingerprint density at radius 3 is 2.22 bits per heavy atom. The van der Waals surface area contributed by atoms with Crippen LogP contribution in [-0.2, 0) is 4.79 Å². The molecule has 0 atom stereocenters. The van der Waals surface area contributed by atoms with E-state index in [0.29, 0.717) is 6.54 Å². The number of rotatable bonds is 4. The second-order valence-corrected chi connectivity index (χ2v) is 6.27. The molecule has 0 aromatic carbocycles. The Kier molecular flexibility index (Phi) is 4.75. The lowest BCUT2D eigenvalue weighted by Gasteiger charge is -2.42. The van der Waals surface area contributed by atoms with Crippen molar-refractivity contribution in [2.75, 3.05) is 39.8 Å². The molecule has 0 unspecified atom stereocenters. The van der Waals surface area contributed by atoms with Gasteiger partial charge < -0.3 is 15.3 Å². The fourth-order valence-corrected chi connectivity index (χ4v) is 2.48. The predicted molar refractivity (Wildman–Crippen MR) is 72.5 cm³/mol. The third-order valence-electron chi connectivity index (χ3n) is 3.40. The second-order valence-electron chi connectivity index (χ2n) is 6.27. The predicted octanol–water partition coefficient (Wildman–Crippen LogP) is -0.100. The summed E-state index contributed by atoms with van der Waals surface area (Å²) in [5.74, 6) is 0.0616. The molecule has 1 heterocycles. The number of carbonyl (C=O) groups is 1. The zero-order chi connectivity index (χ0) is 14.0. The van der Waals surface area contributed by atoms with Crippen LogP contribution in [0.2, 0.25) is 0 Å². The van der Waals surface area contributed by atoms with E-state index in [0.717, 1.165) is 26.2 Å². The van der Waals surface area contributed by atoms with Gasteiger partial charge in [-0.1, -0.05) is 0 Å². The van der Waals surface area contributed by atoms with Crippen LogP contribution in [0.4, 0.5) is 0 Å². The van der Waals surface area contributed by atoms with Crippen molar-refractivity contribution in [1.29, 1.82) is 0 Å². The van der Waals surface area contributed by atoms with Gasteiger partial charge in [-0.25, -0.2) is 0 Å². The first-order valence-corrected chi connectivity index (χ1v) is 6.58. The molecule has 1 saturated heterocycles. The lowest BCUT2D eigenvalue weighted by molar-refractivity contribution is -0.144. The molecule has 0 aliphatic carbocycles. The molecule has 1 fully saturated rings. The van der Waals surface area contributed by atoms with Gasteiger partial charge in [-0.05, 0) is 27.7 Å². The van der Waals surface area contributed by atoms with Gasteiger partial charge in [0.1, 0.15) is 0 Å². The first-order valence-electron chi connectivity index (χ1n) is 6.58. The van der Waals surface area contributed by atoms with Crippen LogP contribution in [0.25, 0.3) is 0 Å². The standard InChI is InChI=1S/C13H27N3O2/c1-12(2,18)10-15(5)11(17)13(3,4)16-8-6-14-7-9-16/h14,18H,6-10H2,1-5H3. The Morgan fingerprint density at radius 2 is 1.78 bits per heavy atom. The summed E-state index contributed by atoms with van der Waals surface area (Å²) in [5, 5.41) is 13.1. The van der Waals surface area contributed by atoms with Crippen molar-refractivity contribution in [2.45, 2.75) is 38.8 Å². The topological polar surface area (TPSA) is 55.8 Å². The Balaban J connectivity index is 2.68. The highest BCUT2D eigenvalue weighted by Gasteiger charge is 2.38. The van der Waals surface area contributed by atoms with E-state index in [-0.39, 0.29) is 5.91 Å². The van der Waals surface area contributed by atoms with Gasteiger partial charge in [0, 0.05) is 39.8 Å². The van der Waals surface area contributed by atoms with Crippen LogP contribution in [-0.4, -0.2) is 71.7 Å². The summed E-state index contributed by atoms with van der Waals surface area (Å²) in [4.78, 5) is 16.3. The van der Waals surface area contributed by atoms with Crippen LogP contribution >= 0.6 is 0 Å². The first kappa shape index (κ1) is 15.4. The van der Waals surface area contributed by atoms with Gasteiger partial charge in [0.25, 0.3) is 0 Å². The van der Waals surface area contributed by atoms with Gasteiger partial charge in [0.05, 0.1) is 11.1 Å². The highest BCUT2D eigenvalue weighted by Crippen LogP contribution is 2.19. The summed E-state index contributed by atoms with van der Waals surface area (Å²) in [6, 6.07) is 0. The molecule has 5 heteroatoms. The van der Waals surface area contributed by atoms with E-state index in [1.807, 2.05) is 13.8 Å². The van der Waals surface area contributed by atoms with Gasteiger partial charge in [-0.3, -0.25) is 9.69 Å². The fraction of sp³-hybridized carbons (Fsp3) is 0.923. The normalized spacial score (nSPS) is 18.8. The van der Waals surface area contributed by atoms with Crippen molar-refractivity contribution in [3.05, 3.63) is 0 Å². The molecule has 0 saturated carbocycles. The molecule has 5 nitrogen and oxygen atoms in total. The zero-order valence-electron chi connectivity index (χ0n) is 12.3. The van der Waals surface area contributed by atoms with E-state index in [1.165, 1.54) is 0 Å². The SMILES string of the molecule is CN(CC(C)(C)O)C(=O)C(C)(C)N1CCNCC1. The molecule has 18 heavy (non-hydrogen) atoms. The lowest BCUT2D eigenvalue weighted by atomic mass is 9.98. The molecule has 0 spiro atoms. The number of amides is 1. The van der Waals surface area contributed by atoms with Gasteiger partial charge in [0.15, 0.2) is 0 Å². The Morgan fingerprint density at radius 1 is 1.28 bits per heavy atom. The van der Waals surface area contributed by atoms with E-state index in [2.05, 4.69) is 10.2 Å². The van der Waals surface area contributed by atoms with E-state index in [1.54, 1.807) is 25.8 Å². The number of hydrogen-bond acceptors (Lipinski definition) is 4. The lowest BCUT2D eigenvalue weighted by Crippen LogP contribution is -2.61. The molecule has 1 aliphatic heterocycles. The number of likely N-dealkylation sites (N-methyl/N-ethyl adjacent to an activating group) is 1. The van der Waals surface area contributed by atoms with E-state index < -0.39 is 11.1 Å². The summed E-state index contributed by atoms with van der Waals surface area (Å²) in [6.45, 7) is 11.3. The second kappa shape index (κ2) is 5.55. The maximum Gasteiger partial charge on any atom is 0.242 e. The molecule has 2 N–H and O–H groups in total. The van der Waals surface area contributed by atoms with Crippen molar-refractivity contribution >= 4 is 5.91 Å². The van der Waals surface area contributed by atoms with Crippen LogP contribution in [0.1, 0.15) is 27.7 Å². The Labute approximate surface area is 110 Å². The van der Waals surface area contributed by atoms with Gasteiger partial charge in [0.2, 0.25) is 5.91 Å². The van der Waals surface area contributed by atoms with Crippen molar-refractivity contribution in [3.8, 4) is 0 Å². The minimum Gasteiger partial charge on any atom is -0.389 e. The molecule has 1 amide bonds.